The summed E-state index contributed by atoms with van der Waals surface area (Å²) in [7, 11) is 1.85. The second-order valence-corrected chi connectivity index (χ2v) is 6.38. The average molecular weight is 291 g/mol. The van der Waals surface area contributed by atoms with E-state index in [9.17, 15) is 4.79 Å². The molecule has 0 aromatic carbocycles. The van der Waals surface area contributed by atoms with Crippen LogP contribution >= 0.6 is 0 Å². The number of anilines is 1. The third kappa shape index (κ3) is 3.86. The Morgan fingerprint density at radius 2 is 2.19 bits per heavy atom. The van der Waals surface area contributed by atoms with Gasteiger partial charge in [0.15, 0.2) is 0 Å². The zero-order valence-corrected chi connectivity index (χ0v) is 13.3. The molecule has 1 aromatic rings. The summed E-state index contributed by atoms with van der Waals surface area (Å²) in [5.74, 6) is 0.831. The molecule has 1 N–H and O–H groups in total. The van der Waals surface area contributed by atoms with Crippen molar-refractivity contribution in [1.82, 2.24) is 9.88 Å². The molecule has 1 saturated heterocycles. The highest BCUT2D eigenvalue weighted by Gasteiger charge is 2.32. The summed E-state index contributed by atoms with van der Waals surface area (Å²) in [5, 5.41) is 3.11. The van der Waals surface area contributed by atoms with Gasteiger partial charge in [0.25, 0.3) is 0 Å². The van der Waals surface area contributed by atoms with Crippen LogP contribution in [-0.2, 0) is 4.74 Å². The van der Waals surface area contributed by atoms with Crippen molar-refractivity contribution in [2.75, 3.05) is 18.9 Å². The van der Waals surface area contributed by atoms with E-state index in [0.29, 0.717) is 0 Å². The molecule has 1 aliphatic rings. The van der Waals surface area contributed by atoms with E-state index in [1.807, 2.05) is 44.9 Å². The molecule has 116 valence electrons. The Morgan fingerprint density at radius 1 is 1.43 bits per heavy atom. The molecule has 1 fully saturated rings. The number of piperidine rings is 1. The summed E-state index contributed by atoms with van der Waals surface area (Å²) >= 11 is 0. The highest BCUT2D eigenvalue weighted by Crippen LogP contribution is 2.34. The van der Waals surface area contributed by atoms with Gasteiger partial charge in [0.2, 0.25) is 0 Å². The first-order valence-corrected chi connectivity index (χ1v) is 7.54. The smallest absolute Gasteiger partial charge is 0.410 e. The minimum atomic E-state index is -0.472. The number of hydrogen-bond acceptors (Lipinski definition) is 4. The van der Waals surface area contributed by atoms with Crippen molar-refractivity contribution in [2.24, 2.45) is 0 Å². The molecular weight excluding hydrogens is 266 g/mol. The van der Waals surface area contributed by atoms with Crippen molar-refractivity contribution in [2.45, 2.75) is 51.7 Å². The number of hydrogen-bond donors (Lipinski definition) is 1. The number of likely N-dealkylation sites (tertiary alicyclic amines) is 1. The minimum absolute atomic E-state index is 0.0322. The van der Waals surface area contributed by atoms with Crippen LogP contribution in [0.25, 0.3) is 0 Å². The van der Waals surface area contributed by atoms with Crippen LogP contribution < -0.4 is 5.32 Å². The highest BCUT2D eigenvalue weighted by atomic mass is 16.6. The second kappa shape index (κ2) is 6.33. The van der Waals surface area contributed by atoms with E-state index < -0.39 is 5.60 Å². The lowest BCUT2D eigenvalue weighted by Gasteiger charge is -2.37. The molecule has 0 spiro atoms. The van der Waals surface area contributed by atoms with Crippen LogP contribution in [0, 0.1) is 0 Å². The molecule has 0 saturated carbocycles. The fraction of sp³-hybridized carbons (Fsp3) is 0.625. The average Bonchev–Trinajstić information content (AvgIpc) is 2.45. The molecule has 1 atom stereocenters. The fourth-order valence-electron chi connectivity index (χ4n) is 2.69. The van der Waals surface area contributed by atoms with Gasteiger partial charge in [-0.05, 0) is 46.1 Å². The Labute approximate surface area is 126 Å². The predicted molar refractivity (Wildman–Crippen MR) is 83.3 cm³/mol. The van der Waals surface area contributed by atoms with E-state index in [4.69, 9.17) is 4.74 Å². The van der Waals surface area contributed by atoms with Gasteiger partial charge in [0.1, 0.15) is 11.4 Å². The Hall–Kier alpha value is -1.78. The van der Waals surface area contributed by atoms with Gasteiger partial charge < -0.3 is 15.0 Å². The summed E-state index contributed by atoms with van der Waals surface area (Å²) in [5.41, 5.74) is 0.588. The van der Waals surface area contributed by atoms with Gasteiger partial charge in [0, 0.05) is 25.4 Å². The Bertz CT molecular complexity index is 497. The minimum Gasteiger partial charge on any atom is -0.444 e. The molecule has 1 aromatic heterocycles. The molecule has 5 nitrogen and oxygen atoms in total. The highest BCUT2D eigenvalue weighted by molar-refractivity contribution is 5.69. The van der Waals surface area contributed by atoms with E-state index in [1.165, 1.54) is 0 Å². The van der Waals surface area contributed by atoms with Crippen LogP contribution in [0.4, 0.5) is 10.6 Å². The topological polar surface area (TPSA) is 54.5 Å². The van der Waals surface area contributed by atoms with Crippen LogP contribution in [0.2, 0.25) is 0 Å². The van der Waals surface area contributed by atoms with Crippen LogP contribution in [0.3, 0.4) is 0 Å². The lowest BCUT2D eigenvalue weighted by Crippen LogP contribution is -2.42. The lowest BCUT2D eigenvalue weighted by atomic mass is 9.96. The van der Waals surface area contributed by atoms with Crippen LogP contribution in [-0.4, -0.2) is 35.2 Å². The summed E-state index contributed by atoms with van der Waals surface area (Å²) in [6.45, 7) is 6.42. The maximum Gasteiger partial charge on any atom is 0.410 e. The molecule has 1 amide bonds. The zero-order chi connectivity index (χ0) is 15.5. The number of nitrogens with one attached hydrogen (secondary N) is 1. The molecule has 21 heavy (non-hydrogen) atoms. The first kappa shape index (κ1) is 15.6. The Morgan fingerprint density at radius 3 is 2.86 bits per heavy atom. The van der Waals surface area contributed by atoms with E-state index in [0.717, 1.165) is 37.2 Å². The molecular formula is C16H25N3O2. The summed E-state index contributed by atoms with van der Waals surface area (Å²) in [6.07, 6.45) is 4.60. The number of aromatic nitrogens is 1. The maximum absolute atomic E-state index is 12.5. The van der Waals surface area contributed by atoms with Crippen LogP contribution in [0.15, 0.2) is 18.3 Å². The molecule has 2 heterocycles. The predicted octanol–water partition coefficient (Wildman–Crippen LogP) is 3.59. The van der Waals surface area contributed by atoms with Gasteiger partial charge >= 0.3 is 6.09 Å². The number of nitrogens with zero attached hydrogens (tertiary/aromatic N) is 2. The number of carbonyl (C=O) groups is 1. The largest absolute Gasteiger partial charge is 0.444 e. The summed E-state index contributed by atoms with van der Waals surface area (Å²) in [6, 6.07) is 3.98. The summed E-state index contributed by atoms with van der Waals surface area (Å²) in [4.78, 5) is 18.7. The standard InChI is InChI=1S/C16H25N3O2/c1-16(2,3)21-15(20)19-11-6-5-9-13(19)12-8-7-10-18-14(12)17-4/h7-8,10,13H,5-6,9,11H2,1-4H3,(H,17,18)/t13-/m1/s1. The quantitative estimate of drug-likeness (QED) is 0.904. The lowest BCUT2D eigenvalue weighted by molar-refractivity contribution is 0.00957. The van der Waals surface area contributed by atoms with E-state index in [1.54, 1.807) is 6.20 Å². The van der Waals surface area contributed by atoms with E-state index in [2.05, 4.69) is 10.3 Å². The number of rotatable bonds is 2. The van der Waals surface area contributed by atoms with Crippen LogP contribution in [0.1, 0.15) is 51.6 Å². The van der Waals surface area contributed by atoms with Crippen molar-refractivity contribution >= 4 is 11.9 Å². The van der Waals surface area contributed by atoms with Gasteiger partial charge in [-0.3, -0.25) is 0 Å². The Kier molecular flexibility index (Phi) is 4.70. The SMILES string of the molecule is CNc1ncccc1[C@H]1CCCCN1C(=O)OC(C)(C)C. The second-order valence-electron chi connectivity index (χ2n) is 6.38. The molecule has 0 unspecified atom stereocenters. The third-order valence-electron chi connectivity index (χ3n) is 3.57. The van der Waals surface area contributed by atoms with E-state index in [-0.39, 0.29) is 12.1 Å². The normalized spacial score (nSPS) is 19.2. The number of amides is 1. The van der Waals surface area contributed by atoms with Crippen molar-refractivity contribution in [3.63, 3.8) is 0 Å². The Balaban J connectivity index is 2.25. The van der Waals surface area contributed by atoms with Crippen molar-refractivity contribution in [3.8, 4) is 0 Å². The third-order valence-corrected chi connectivity index (χ3v) is 3.57. The van der Waals surface area contributed by atoms with Gasteiger partial charge in [0.05, 0.1) is 6.04 Å². The molecule has 0 aliphatic carbocycles. The monoisotopic (exact) mass is 291 g/mol. The van der Waals surface area contributed by atoms with Gasteiger partial charge in [-0.1, -0.05) is 6.07 Å². The first-order chi connectivity index (χ1) is 9.92. The summed E-state index contributed by atoms with van der Waals surface area (Å²) < 4.78 is 5.55. The molecule has 0 bridgehead atoms. The van der Waals surface area contributed by atoms with Gasteiger partial charge in [-0.25, -0.2) is 9.78 Å². The van der Waals surface area contributed by atoms with E-state index >= 15 is 0 Å². The van der Waals surface area contributed by atoms with Crippen molar-refractivity contribution in [3.05, 3.63) is 23.9 Å². The van der Waals surface area contributed by atoms with Gasteiger partial charge in [-0.15, -0.1) is 0 Å². The number of ether oxygens (including phenoxy) is 1. The molecule has 0 radical (unpaired) electrons. The molecule has 2 rings (SSSR count). The molecule has 1 aliphatic heterocycles. The maximum atomic E-state index is 12.5. The zero-order valence-electron chi connectivity index (χ0n) is 13.3. The van der Waals surface area contributed by atoms with Crippen molar-refractivity contribution in [1.29, 1.82) is 0 Å². The molecule has 5 heteroatoms. The van der Waals surface area contributed by atoms with Crippen molar-refractivity contribution < 1.29 is 9.53 Å². The van der Waals surface area contributed by atoms with Gasteiger partial charge in [-0.2, -0.15) is 0 Å². The number of carbonyl (C=O) groups excluding carboxylic acids is 1. The van der Waals surface area contributed by atoms with Crippen LogP contribution in [0.5, 0.6) is 0 Å². The fourth-order valence-corrected chi connectivity index (χ4v) is 2.69. The number of pyridine rings is 1. The first-order valence-electron chi connectivity index (χ1n) is 7.54.